The van der Waals surface area contributed by atoms with Gasteiger partial charge in [0.25, 0.3) is 0 Å². The predicted molar refractivity (Wildman–Crippen MR) is 80.0 cm³/mol. The van der Waals surface area contributed by atoms with Gasteiger partial charge in [0, 0.05) is 24.0 Å². The number of nitrogens with zero attached hydrogens (tertiary/aromatic N) is 1. The molecule has 0 aliphatic carbocycles. The van der Waals surface area contributed by atoms with Crippen molar-refractivity contribution in [3.05, 3.63) is 52.7 Å². The van der Waals surface area contributed by atoms with Crippen LogP contribution < -0.4 is 10.1 Å². The van der Waals surface area contributed by atoms with Gasteiger partial charge in [0.2, 0.25) is 5.88 Å². The molecule has 1 aromatic heterocycles. The Balaban J connectivity index is 2.14. The summed E-state index contributed by atoms with van der Waals surface area (Å²) in [5, 5.41) is 12.5. The minimum absolute atomic E-state index is 0.0532. The zero-order chi connectivity index (χ0) is 14.5. The summed E-state index contributed by atoms with van der Waals surface area (Å²) < 4.78 is 5.16. The first-order valence-corrected chi connectivity index (χ1v) is 6.59. The van der Waals surface area contributed by atoms with E-state index >= 15 is 0 Å². The Kier molecular flexibility index (Phi) is 4.58. The summed E-state index contributed by atoms with van der Waals surface area (Å²) in [6, 6.07) is 9.70. The highest BCUT2D eigenvalue weighted by Crippen LogP contribution is 2.19. The van der Waals surface area contributed by atoms with Crippen molar-refractivity contribution in [2.45, 2.75) is 27.0 Å². The molecule has 0 spiro atoms. The maximum Gasteiger partial charge on any atom is 0.213 e. The van der Waals surface area contributed by atoms with E-state index in [0.717, 1.165) is 22.5 Å². The number of pyridine rings is 1. The quantitative estimate of drug-likeness (QED) is 0.878. The van der Waals surface area contributed by atoms with Gasteiger partial charge in [-0.05, 0) is 42.7 Å². The van der Waals surface area contributed by atoms with Gasteiger partial charge in [-0.3, -0.25) is 0 Å². The van der Waals surface area contributed by atoms with E-state index in [-0.39, 0.29) is 6.61 Å². The summed E-state index contributed by atoms with van der Waals surface area (Å²) in [5.41, 5.74) is 5.18. The Hall–Kier alpha value is -2.07. The van der Waals surface area contributed by atoms with Gasteiger partial charge in [0.1, 0.15) is 0 Å². The molecule has 1 aromatic carbocycles. The molecule has 20 heavy (non-hydrogen) atoms. The SMILES string of the molecule is COc1cc(C)c(CNc2cccc(CO)c2)c(C)n1. The molecule has 0 fully saturated rings. The van der Waals surface area contributed by atoms with Crippen molar-refractivity contribution < 1.29 is 9.84 Å². The fourth-order valence-corrected chi connectivity index (χ4v) is 2.16. The second-order valence-corrected chi connectivity index (χ2v) is 4.76. The van der Waals surface area contributed by atoms with Crippen molar-refractivity contribution in [1.82, 2.24) is 4.98 Å². The zero-order valence-electron chi connectivity index (χ0n) is 12.1. The first-order valence-electron chi connectivity index (χ1n) is 6.59. The molecule has 0 amide bonds. The van der Waals surface area contributed by atoms with E-state index in [2.05, 4.69) is 17.2 Å². The number of aromatic nitrogens is 1. The highest BCUT2D eigenvalue weighted by atomic mass is 16.5. The van der Waals surface area contributed by atoms with Crippen LogP contribution in [0.15, 0.2) is 30.3 Å². The first-order chi connectivity index (χ1) is 9.63. The number of benzene rings is 1. The fraction of sp³-hybridized carbons (Fsp3) is 0.312. The van der Waals surface area contributed by atoms with Crippen LogP contribution in [-0.2, 0) is 13.2 Å². The molecule has 0 unspecified atom stereocenters. The Morgan fingerprint density at radius 3 is 2.70 bits per heavy atom. The van der Waals surface area contributed by atoms with E-state index in [1.54, 1.807) is 7.11 Å². The summed E-state index contributed by atoms with van der Waals surface area (Å²) >= 11 is 0. The number of hydrogen-bond donors (Lipinski definition) is 2. The van der Waals surface area contributed by atoms with Crippen LogP contribution in [0.1, 0.15) is 22.4 Å². The average molecular weight is 272 g/mol. The molecule has 4 heteroatoms. The highest BCUT2D eigenvalue weighted by molar-refractivity contribution is 5.47. The molecule has 0 atom stereocenters. The molecule has 0 aliphatic rings. The number of methoxy groups -OCH3 is 1. The maximum absolute atomic E-state index is 9.14. The summed E-state index contributed by atoms with van der Waals surface area (Å²) in [7, 11) is 1.62. The van der Waals surface area contributed by atoms with E-state index in [0.29, 0.717) is 12.4 Å². The minimum Gasteiger partial charge on any atom is -0.481 e. The first kappa shape index (κ1) is 14.3. The van der Waals surface area contributed by atoms with Crippen LogP contribution in [0.3, 0.4) is 0 Å². The Morgan fingerprint density at radius 2 is 2.05 bits per heavy atom. The smallest absolute Gasteiger partial charge is 0.213 e. The number of aliphatic hydroxyl groups excluding tert-OH is 1. The second-order valence-electron chi connectivity index (χ2n) is 4.76. The Morgan fingerprint density at radius 1 is 1.25 bits per heavy atom. The van der Waals surface area contributed by atoms with Crippen LogP contribution in [0.25, 0.3) is 0 Å². The Labute approximate surface area is 119 Å². The number of ether oxygens (including phenoxy) is 1. The third-order valence-electron chi connectivity index (χ3n) is 3.32. The lowest BCUT2D eigenvalue weighted by Crippen LogP contribution is -2.06. The normalized spacial score (nSPS) is 10.4. The highest BCUT2D eigenvalue weighted by Gasteiger charge is 2.07. The van der Waals surface area contributed by atoms with Crippen LogP contribution in [0, 0.1) is 13.8 Å². The summed E-state index contributed by atoms with van der Waals surface area (Å²) in [5.74, 6) is 0.644. The average Bonchev–Trinajstić information content (AvgIpc) is 2.46. The maximum atomic E-state index is 9.14. The minimum atomic E-state index is 0.0532. The van der Waals surface area contributed by atoms with Gasteiger partial charge in [-0.1, -0.05) is 12.1 Å². The van der Waals surface area contributed by atoms with Gasteiger partial charge in [0.05, 0.1) is 13.7 Å². The van der Waals surface area contributed by atoms with Crippen molar-refractivity contribution >= 4 is 5.69 Å². The third-order valence-corrected chi connectivity index (χ3v) is 3.32. The topological polar surface area (TPSA) is 54.4 Å². The van der Waals surface area contributed by atoms with Crippen LogP contribution in [-0.4, -0.2) is 17.2 Å². The van der Waals surface area contributed by atoms with E-state index in [1.807, 2.05) is 37.3 Å². The molecule has 2 aromatic rings. The number of rotatable bonds is 5. The van der Waals surface area contributed by atoms with Crippen molar-refractivity contribution in [2.24, 2.45) is 0 Å². The molecule has 1 heterocycles. The molecular weight excluding hydrogens is 252 g/mol. The summed E-state index contributed by atoms with van der Waals surface area (Å²) in [4.78, 5) is 4.40. The van der Waals surface area contributed by atoms with Crippen molar-refractivity contribution in [3.8, 4) is 5.88 Å². The second kappa shape index (κ2) is 6.39. The number of aryl methyl sites for hydroxylation is 2. The largest absolute Gasteiger partial charge is 0.481 e. The molecule has 4 nitrogen and oxygen atoms in total. The monoisotopic (exact) mass is 272 g/mol. The van der Waals surface area contributed by atoms with E-state index in [9.17, 15) is 0 Å². The number of aliphatic hydroxyl groups is 1. The van der Waals surface area contributed by atoms with Gasteiger partial charge in [-0.15, -0.1) is 0 Å². The van der Waals surface area contributed by atoms with Crippen LogP contribution in [0.4, 0.5) is 5.69 Å². The molecule has 0 aliphatic heterocycles. The third kappa shape index (κ3) is 3.27. The zero-order valence-corrected chi connectivity index (χ0v) is 12.1. The molecule has 0 saturated heterocycles. The standard InChI is InChI=1S/C16H20N2O2/c1-11-7-16(20-3)18-12(2)15(11)9-17-14-6-4-5-13(8-14)10-19/h4-8,17,19H,9-10H2,1-3H3. The van der Waals surface area contributed by atoms with Crippen molar-refractivity contribution in [1.29, 1.82) is 0 Å². The number of nitrogens with one attached hydrogen (secondary N) is 1. The number of hydrogen-bond acceptors (Lipinski definition) is 4. The molecular formula is C16H20N2O2. The van der Waals surface area contributed by atoms with E-state index in [1.165, 1.54) is 5.56 Å². The fourth-order valence-electron chi connectivity index (χ4n) is 2.16. The van der Waals surface area contributed by atoms with Crippen LogP contribution in [0.5, 0.6) is 5.88 Å². The molecule has 0 bridgehead atoms. The molecule has 0 radical (unpaired) electrons. The molecule has 0 saturated carbocycles. The van der Waals surface area contributed by atoms with Crippen LogP contribution in [0.2, 0.25) is 0 Å². The van der Waals surface area contributed by atoms with E-state index in [4.69, 9.17) is 9.84 Å². The Bertz CT molecular complexity index is 574. The van der Waals surface area contributed by atoms with Gasteiger partial charge in [0.15, 0.2) is 0 Å². The molecule has 2 N–H and O–H groups in total. The number of anilines is 1. The van der Waals surface area contributed by atoms with Crippen LogP contribution >= 0.6 is 0 Å². The van der Waals surface area contributed by atoms with Crippen molar-refractivity contribution in [2.75, 3.05) is 12.4 Å². The van der Waals surface area contributed by atoms with Gasteiger partial charge in [-0.2, -0.15) is 0 Å². The predicted octanol–water partition coefficient (Wildman–Crippen LogP) is 2.81. The lowest BCUT2D eigenvalue weighted by molar-refractivity contribution is 0.282. The van der Waals surface area contributed by atoms with Crippen molar-refractivity contribution in [3.63, 3.8) is 0 Å². The van der Waals surface area contributed by atoms with Gasteiger partial charge < -0.3 is 15.2 Å². The van der Waals surface area contributed by atoms with Gasteiger partial charge >= 0.3 is 0 Å². The molecule has 106 valence electrons. The summed E-state index contributed by atoms with van der Waals surface area (Å²) in [6.07, 6.45) is 0. The van der Waals surface area contributed by atoms with Gasteiger partial charge in [-0.25, -0.2) is 4.98 Å². The lowest BCUT2D eigenvalue weighted by atomic mass is 10.1. The lowest BCUT2D eigenvalue weighted by Gasteiger charge is -2.13. The molecule has 2 rings (SSSR count). The summed E-state index contributed by atoms with van der Waals surface area (Å²) in [6.45, 7) is 4.79. The van der Waals surface area contributed by atoms with E-state index < -0.39 is 0 Å².